The molecule has 0 atom stereocenters. The zero-order chi connectivity index (χ0) is 9.10. The molecule has 0 spiro atoms. The summed E-state index contributed by atoms with van der Waals surface area (Å²) in [5.41, 5.74) is 0. The van der Waals surface area contributed by atoms with E-state index < -0.39 is 0 Å². The molecule has 0 aromatic carbocycles. The molecule has 0 unspecified atom stereocenters. The molecule has 2 heterocycles. The van der Waals surface area contributed by atoms with Crippen molar-refractivity contribution in [2.75, 3.05) is 26.2 Å². The average Bonchev–Trinajstić information content (AvgIpc) is 2.53. The molecule has 1 aromatic heterocycles. The average molecular weight is 245 g/mol. The lowest BCUT2D eigenvalue weighted by molar-refractivity contribution is 0.215. The molecule has 1 aliphatic heterocycles. The maximum Gasteiger partial charge on any atom is 0.169 e. The first-order valence-corrected chi connectivity index (χ1v) is 5.31. The van der Waals surface area contributed by atoms with E-state index in [0.29, 0.717) is 0 Å². The minimum Gasteiger partial charge on any atom is -0.453 e. The van der Waals surface area contributed by atoms with Crippen LogP contribution in [0.25, 0.3) is 0 Å². The third-order valence-corrected chi connectivity index (χ3v) is 2.64. The zero-order valence-electron chi connectivity index (χ0n) is 7.42. The molecule has 3 nitrogen and oxygen atoms in total. The fraction of sp³-hybridized carbons (Fsp3) is 0.556. The smallest absolute Gasteiger partial charge is 0.169 e. The van der Waals surface area contributed by atoms with E-state index in [1.165, 1.54) is 0 Å². The number of nitrogens with zero attached hydrogens (tertiary/aromatic N) is 1. The Morgan fingerprint density at radius 2 is 2.15 bits per heavy atom. The van der Waals surface area contributed by atoms with Gasteiger partial charge in [0.1, 0.15) is 5.76 Å². The first kappa shape index (κ1) is 9.24. The first-order chi connectivity index (χ1) is 6.34. The van der Waals surface area contributed by atoms with Crippen LogP contribution < -0.4 is 5.32 Å². The van der Waals surface area contributed by atoms with E-state index in [4.69, 9.17) is 4.42 Å². The molecular formula is C9H13BrN2O. The maximum atomic E-state index is 5.44. The summed E-state index contributed by atoms with van der Waals surface area (Å²) in [6.45, 7) is 5.31. The predicted octanol–water partition coefficient (Wildman–Crippen LogP) is 1.45. The number of nitrogens with one attached hydrogen (secondary N) is 1. The molecule has 1 aliphatic rings. The second kappa shape index (κ2) is 4.26. The summed E-state index contributed by atoms with van der Waals surface area (Å²) in [7, 11) is 0. The van der Waals surface area contributed by atoms with Gasteiger partial charge in [0.25, 0.3) is 0 Å². The van der Waals surface area contributed by atoms with E-state index in [2.05, 4.69) is 26.1 Å². The summed E-state index contributed by atoms with van der Waals surface area (Å²) < 4.78 is 6.26. The van der Waals surface area contributed by atoms with Crippen molar-refractivity contribution in [1.82, 2.24) is 10.2 Å². The zero-order valence-corrected chi connectivity index (χ0v) is 9.01. The van der Waals surface area contributed by atoms with Crippen molar-refractivity contribution < 1.29 is 4.42 Å². The number of hydrogen-bond donors (Lipinski definition) is 1. The summed E-state index contributed by atoms with van der Waals surface area (Å²) >= 11 is 3.30. The second-order valence-corrected chi connectivity index (χ2v) is 4.01. The SMILES string of the molecule is Brc1ccc(CN2CCNCC2)o1. The quantitative estimate of drug-likeness (QED) is 0.854. The van der Waals surface area contributed by atoms with Gasteiger partial charge in [0.2, 0.25) is 0 Å². The molecule has 0 saturated carbocycles. The van der Waals surface area contributed by atoms with Crippen LogP contribution in [-0.4, -0.2) is 31.1 Å². The van der Waals surface area contributed by atoms with Gasteiger partial charge in [-0.1, -0.05) is 0 Å². The van der Waals surface area contributed by atoms with Crippen molar-refractivity contribution in [1.29, 1.82) is 0 Å². The van der Waals surface area contributed by atoms with Gasteiger partial charge in [-0.2, -0.15) is 0 Å². The Balaban J connectivity index is 1.89. The van der Waals surface area contributed by atoms with Gasteiger partial charge < -0.3 is 9.73 Å². The molecule has 0 aliphatic carbocycles. The van der Waals surface area contributed by atoms with Crippen LogP contribution in [0.5, 0.6) is 0 Å². The summed E-state index contributed by atoms with van der Waals surface area (Å²) in [6.07, 6.45) is 0. The van der Waals surface area contributed by atoms with Crippen molar-refractivity contribution in [2.24, 2.45) is 0 Å². The molecule has 0 bridgehead atoms. The minimum atomic E-state index is 0.817. The van der Waals surface area contributed by atoms with E-state index in [9.17, 15) is 0 Å². The van der Waals surface area contributed by atoms with Crippen LogP contribution in [0, 0.1) is 0 Å². The van der Waals surface area contributed by atoms with Crippen molar-refractivity contribution >= 4 is 15.9 Å². The third-order valence-electron chi connectivity index (χ3n) is 2.22. The molecular weight excluding hydrogens is 232 g/mol. The van der Waals surface area contributed by atoms with Crippen molar-refractivity contribution in [3.8, 4) is 0 Å². The highest BCUT2D eigenvalue weighted by molar-refractivity contribution is 9.10. The molecule has 1 saturated heterocycles. The number of piperazine rings is 1. The number of rotatable bonds is 2. The Bertz CT molecular complexity index is 268. The molecule has 0 radical (unpaired) electrons. The topological polar surface area (TPSA) is 28.4 Å². The van der Waals surface area contributed by atoms with Gasteiger partial charge in [-0.05, 0) is 28.1 Å². The highest BCUT2D eigenvalue weighted by Gasteiger charge is 2.11. The van der Waals surface area contributed by atoms with Crippen molar-refractivity contribution in [3.63, 3.8) is 0 Å². The van der Waals surface area contributed by atoms with Crippen LogP contribution in [0.2, 0.25) is 0 Å². The van der Waals surface area contributed by atoms with Crippen LogP contribution in [-0.2, 0) is 6.54 Å². The van der Waals surface area contributed by atoms with E-state index in [1.54, 1.807) is 0 Å². The van der Waals surface area contributed by atoms with Gasteiger partial charge in [-0.25, -0.2) is 0 Å². The van der Waals surface area contributed by atoms with Crippen LogP contribution in [0.1, 0.15) is 5.76 Å². The Morgan fingerprint density at radius 3 is 2.77 bits per heavy atom. The van der Waals surface area contributed by atoms with E-state index in [0.717, 1.165) is 43.2 Å². The largest absolute Gasteiger partial charge is 0.453 e. The Kier molecular flexibility index (Phi) is 3.03. The summed E-state index contributed by atoms with van der Waals surface area (Å²) in [4.78, 5) is 2.39. The van der Waals surface area contributed by atoms with Crippen molar-refractivity contribution in [2.45, 2.75) is 6.54 Å². The fourth-order valence-electron chi connectivity index (χ4n) is 1.53. The number of furan rings is 1. The van der Waals surface area contributed by atoms with Gasteiger partial charge in [-0.15, -0.1) is 0 Å². The Labute approximate surface area is 86.2 Å². The van der Waals surface area contributed by atoms with Gasteiger partial charge in [0.15, 0.2) is 4.67 Å². The van der Waals surface area contributed by atoms with Gasteiger partial charge in [0, 0.05) is 26.2 Å². The van der Waals surface area contributed by atoms with E-state index >= 15 is 0 Å². The van der Waals surface area contributed by atoms with Crippen molar-refractivity contribution in [3.05, 3.63) is 22.6 Å². The van der Waals surface area contributed by atoms with Gasteiger partial charge >= 0.3 is 0 Å². The normalized spacial score (nSPS) is 19.2. The summed E-state index contributed by atoms with van der Waals surface area (Å²) in [5, 5.41) is 3.32. The predicted molar refractivity (Wildman–Crippen MR) is 54.6 cm³/mol. The van der Waals surface area contributed by atoms with Crippen LogP contribution >= 0.6 is 15.9 Å². The number of hydrogen-bond acceptors (Lipinski definition) is 3. The van der Waals surface area contributed by atoms with Gasteiger partial charge in [0.05, 0.1) is 6.54 Å². The standard InChI is InChI=1S/C9H13BrN2O/c10-9-2-1-8(13-9)7-12-5-3-11-4-6-12/h1-2,11H,3-7H2. The monoisotopic (exact) mass is 244 g/mol. The molecule has 4 heteroatoms. The maximum absolute atomic E-state index is 5.44. The van der Waals surface area contributed by atoms with Crippen LogP contribution in [0.3, 0.4) is 0 Å². The molecule has 1 N–H and O–H groups in total. The summed E-state index contributed by atoms with van der Waals surface area (Å²) in [6, 6.07) is 3.96. The molecule has 1 aromatic rings. The van der Waals surface area contributed by atoms with E-state index in [1.807, 2.05) is 12.1 Å². The van der Waals surface area contributed by atoms with E-state index in [-0.39, 0.29) is 0 Å². The fourth-order valence-corrected chi connectivity index (χ4v) is 1.87. The second-order valence-electron chi connectivity index (χ2n) is 3.23. The lowest BCUT2D eigenvalue weighted by Crippen LogP contribution is -2.42. The highest BCUT2D eigenvalue weighted by atomic mass is 79.9. The lowest BCUT2D eigenvalue weighted by Gasteiger charge is -2.26. The summed E-state index contributed by atoms with van der Waals surface area (Å²) in [5.74, 6) is 1.04. The third kappa shape index (κ3) is 2.56. The molecule has 0 amide bonds. The molecule has 13 heavy (non-hydrogen) atoms. The highest BCUT2D eigenvalue weighted by Crippen LogP contribution is 2.15. The Morgan fingerprint density at radius 1 is 1.38 bits per heavy atom. The Hall–Kier alpha value is -0.320. The van der Waals surface area contributed by atoms with Crippen LogP contribution in [0.15, 0.2) is 21.2 Å². The van der Waals surface area contributed by atoms with Crippen LogP contribution in [0.4, 0.5) is 0 Å². The molecule has 1 fully saturated rings. The first-order valence-electron chi connectivity index (χ1n) is 4.52. The lowest BCUT2D eigenvalue weighted by atomic mass is 10.3. The molecule has 72 valence electrons. The number of halogens is 1. The molecule has 2 rings (SSSR count). The minimum absolute atomic E-state index is 0.817. The van der Waals surface area contributed by atoms with Gasteiger partial charge in [-0.3, -0.25) is 4.90 Å².